The van der Waals surface area contributed by atoms with Gasteiger partial charge in [-0.3, -0.25) is 14.5 Å². The Balaban J connectivity index is 1.89. The van der Waals surface area contributed by atoms with Gasteiger partial charge in [-0.1, -0.05) is 30.3 Å². The van der Waals surface area contributed by atoms with Crippen molar-refractivity contribution < 1.29 is 14.7 Å². The lowest BCUT2D eigenvalue weighted by molar-refractivity contribution is -0.117. The summed E-state index contributed by atoms with van der Waals surface area (Å²) in [5.41, 5.74) is 1.74. The van der Waals surface area contributed by atoms with Crippen LogP contribution >= 0.6 is 22.7 Å². The Morgan fingerprint density at radius 3 is 2.42 bits per heavy atom. The second kappa shape index (κ2) is 6.55. The minimum Gasteiger partial charge on any atom is -0.503 e. The van der Waals surface area contributed by atoms with E-state index in [9.17, 15) is 14.7 Å². The summed E-state index contributed by atoms with van der Waals surface area (Å²) in [4.78, 5) is 28.8. The number of Topliss-reactive ketones (excluding diaryl/α,β-unsaturated/α-hetero) is 1. The number of aliphatic hydroxyl groups is 1. The van der Waals surface area contributed by atoms with Gasteiger partial charge in [-0.15, -0.1) is 22.7 Å². The number of carbonyl (C=O) groups is 2. The predicted molar refractivity (Wildman–Crippen MR) is 104 cm³/mol. The quantitative estimate of drug-likeness (QED) is 0.654. The Labute approximate surface area is 158 Å². The van der Waals surface area contributed by atoms with Crippen LogP contribution in [-0.2, 0) is 4.79 Å². The smallest absolute Gasteiger partial charge is 0.294 e. The number of anilines is 1. The van der Waals surface area contributed by atoms with E-state index >= 15 is 0 Å². The van der Waals surface area contributed by atoms with E-state index in [1.807, 2.05) is 48.7 Å². The highest BCUT2D eigenvalue weighted by molar-refractivity contribution is 7.12. The van der Waals surface area contributed by atoms with Crippen LogP contribution in [0.2, 0.25) is 0 Å². The molecule has 6 heteroatoms. The van der Waals surface area contributed by atoms with Crippen LogP contribution in [0, 0.1) is 6.92 Å². The first-order valence-electron chi connectivity index (χ1n) is 8.03. The van der Waals surface area contributed by atoms with Crippen molar-refractivity contribution in [1.82, 2.24) is 0 Å². The molecule has 1 N–H and O–H groups in total. The van der Waals surface area contributed by atoms with Gasteiger partial charge in [0.05, 0.1) is 10.5 Å². The molecule has 1 aliphatic rings. The zero-order valence-electron chi connectivity index (χ0n) is 13.9. The number of hydrogen-bond donors (Lipinski definition) is 1. The van der Waals surface area contributed by atoms with Crippen LogP contribution < -0.4 is 4.90 Å². The molecular formula is C20H15NO3S2. The summed E-state index contributed by atoms with van der Waals surface area (Å²) in [6.07, 6.45) is 0. The van der Waals surface area contributed by atoms with Gasteiger partial charge < -0.3 is 5.11 Å². The molecule has 1 amide bonds. The number of benzene rings is 1. The van der Waals surface area contributed by atoms with E-state index in [1.165, 1.54) is 27.6 Å². The van der Waals surface area contributed by atoms with Crippen molar-refractivity contribution in [3.05, 3.63) is 85.9 Å². The highest BCUT2D eigenvalue weighted by atomic mass is 32.1. The molecule has 0 aliphatic carbocycles. The molecule has 0 radical (unpaired) electrons. The third-order valence-corrected chi connectivity index (χ3v) is 6.18. The lowest BCUT2D eigenvalue weighted by Crippen LogP contribution is -2.31. The standard InChI is InChI=1S/C20H15NO3S2/c1-12-6-2-3-7-13(12)21-17(14-8-4-10-25-14)16(19(23)20(21)24)18(22)15-9-5-11-26-15/h2-11,17,23H,1H3. The summed E-state index contributed by atoms with van der Waals surface area (Å²) in [6.45, 7) is 1.91. The zero-order chi connectivity index (χ0) is 18.3. The molecule has 1 unspecified atom stereocenters. The van der Waals surface area contributed by atoms with Gasteiger partial charge in [0.25, 0.3) is 5.91 Å². The molecule has 26 heavy (non-hydrogen) atoms. The van der Waals surface area contributed by atoms with E-state index in [4.69, 9.17) is 0 Å². The first-order chi connectivity index (χ1) is 12.6. The van der Waals surface area contributed by atoms with Crippen LogP contribution in [0.1, 0.15) is 26.2 Å². The highest BCUT2D eigenvalue weighted by Gasteiger charge is 2.45. The number of aryl methyl sites for hydroxylation is 1. The molecule has 0 saturated carbocycles. The van der Waals surface area contributed by atoms with E-state index in [0.29, 0.717) is 10.6 Å². The molecule has 1 atom stereocenters. The van der Waals surface area contributed by atoms with Crippen LogP contribution in [0.5, 0.6) is 0 Å². The van der Waals surface area contributed by atoms with Gasteiger partial charge in [-0.05, 0) is 41.4 Å². The predicted octanol–water partition coefficient (Wildman–Crippen LogP) is 4.90. The maximum atomic E-state index is 13.0. The second-order valence-corrected chi connectivity index (χ2v) is 7.88. The molecule has 1 aromatic carbocycles. The van der Waals surface area contributed by atoms with Crippen LogP contribution in [0.4, 0.5) is 5.69 Å². The highest BCUT2D eigenvalue weighted by Crippen LogP contribution is 2.44. The average molecular weight is 381 g/mol. The van der Waals surface area contributed by atoms with Gasteiger partial charge in [0.15, 0.2) is 5.76 Å². The maximum absolute atomic E-state index is 13.0. The molecule has 0 fully saturated rings. The fraction of sp³-hybridized carbons (Fsp3) is 0.100. The third kappa shape index (κ3) is 2.58. The molecule has 0 spiro atoms. The van der Waals surface area contributed by atoms with Gasteiger partial charge in [-0.25, -0.2) is 0 Å². The van der Waals surface area contributed by atoms with Gasteiger partial charge in [-0.2, -0.15) is 0 Å². The first kappa shape index (κ1) is 16.8. The van der Waals surface area contributed by atoms with Gasteiger partial charge >= 0.3 is 0 Å². The molecule has 4 nitrogen and oxygen atoms in total. The van der Waals surface area contributed by atoms with Crippen molar-refractivity contribution in [3.8, 4) is 0 Å². The fourth-order valence-electron chi connectivity index (χ4n) is 3.18. The lowest BCUT2D eigenvalue weighted by atomic mass is 10.00. The Bertz CT molecular complexity index is 1000. The maximum Gasteiger partial charge on any atom is 0.294 e. The molecule has 130 valence electrons. The normalized spacial score (nSPS) is 17.2. The number of aliphatic hydroxyl groups excluding tert-OH is 1. The molecule has 4 rings (SSSR count). The van der Waals surface area contributed by atoms with Crippen molar-refractivity contribution in [2.45, 2.75) is 13.0 Å². The van der Waals surface area contributed by atoms with Crippen molar-refractivity contribution in [1.29, 1.82) is 0 Å². The van der Waals surface area contributed by atoms with E-state index in [-0.39, 0.29) is 11.4 Å². The topological polar surface area (TPSA) is 57.6 Å². The molecule has 2 aromatic heterocycles. The van der Waals surface area contributed by atoms with Crippen molar-refractivity contribution in [2.24, 2.45) is 0 Å². The number of para-hydroxylation sites is 1. The molecule has 3 aromatic rings. The summed E-state index contributed by atoms with van der Waals surface area (Å²) >= 11 is 2.76. The Kier molecular flexibility index (Phi) is 4.22. The second-order valence-electron chi connectivity index (χ2n) is 5.95. The number of ketones is 1. The molecular weight excluding hydrogens is 366 g/mol. The summed E-state index contributed by atoms with van der Waals surface area (Å²) in [6, 6.07) is 14.1. The summed E-state index contributed by atoms with van der Waals surface area (Å²) in [7, 11) is 0. The van der Waals surface area contributed by atoms with E-state index in [1.54, 1.807) is 17.5 Å². The number of rotatable bonds is 4. The SMILES string of the molecule is Cc1ccccc1N1C(=O)C(O)=C(C(=O)c2cccs2)C1c1cccs1. The number of hydrogen-bond acceptors (Lipinski definition) is 5. The Morgan fingerprint density at radius 2 is 1.77 bits per heavy atom. The van der Waals surface area contributed by atoms with E-state index < -0.39 is 17.7 Å². The van der Waals surface area contributed by atoms with Gasteiger partial charge in [0.1, 0.15) is 6.04 Å². The summed E-state index contributed by atoms with van der Waals surface area (Å²) < 4.78 is 0. The van der Waals surface area contributed by atoms with Gasteiger partial charge in [0.2, 0.25) is 5.78 Å². The van der Waals surface area contributed by atoms with E-state index in [0.717, 1.165) is 10.4 Å². The van der Waals surface area contributed by atoms with Crippen LogP contribution in [-0.4, -0.2) is 16.8 Å². The van der Waals surface area contributed by atoms with Crippen molar-refractivity contribution in [3.63, 3.8) is 0 Å². The fourth-order valence-corrected chi connectivity index (χ4v) is 4.68. The van der Waals surface area contributed by atoms with Crippen molar-refractivity contribution in [2.75, 3.05) is 4.90 Å². The number of thiophene rings is 2. The monoisotopic (exact) mass is 381 g/mol. The average Bonchev–Trinajstić information content (AvgIpc) is 3.38. The summed E-state index contributed by atoms with van der Waals surface area (Å²) in [5, 5.41) is 14.3. The van der Waals surface area contributed by atoms with Crippen LogP contribution in [0.25, 0.3) is 0 Å². The van der Waals surface area contributed by atoms with Crippen molar-refractivity contribution >= 4 is 40.1 Å². The number of carbonyl (C=O) groups excluding carboxylic acids is 2. The first-order valence-corrected chi connectivity index (χ1v) is 9.79. The minimum absolute atomic E-state index is 0.142. The minimum atomic E-state index is -0.627. The number of nitrogens with zero attached hydrogens (tertiary/aromatic N) is 1. The summed E-state index contributed by atoms with van der Waals surface area (Å²) in [5.74, 6) is -1.32. The van der Waals surface area contributed by atoms with Crippen LogP contribution in [0.15, 0.2) is 70.6 Å². The Hall–Kier alpha value is -2.70. The zero-order valence-corrected chi connectivity index (χ0v) is 15.5. The molecule has 1 aliphatic heterocycles. The number of amides is 1. The lowest BCUT2D eigenvalue weighted by Gasteiger charge is -2.27. The molecule has 0 bridgehead atoms. The molecule has 3 heterocycles. The van der Waals surface area contributed by atoms with Crippen LogP contribution in [0.3, 0.4) is 0 Å². The Morgan fingerprint density at radius 1 is 1.04 bits per heavy atom. The third-order valence-electron chi connectivity index (χ3n) is 4.39. The molecule has 0 saturated heterocycles. The largest absolute Gasteiger partial charge is 0.503 e. The van der Waals surface area contributed by atoms with E-state index in [2.05, 4.69) is 0 Å². The van der Waals surface area contributed by atoms with Gasteiger partial charge in [0, 0.05) is 10.6 Å².